The van der Waals surface area contributed by atoms with Gasteiger partial charge in [0, 0.05) is 56.5 Å². The topological polar surface area (TPSA) is 141 Å². The molecule has 2 atom stereocenters. The first-order valence-electron chi connectivity index (χ1n) is 20.0. The van der Waals surface area contributed by atoms with Crippen molar-refractivity contribution in [3.63, 3.8) is 0 Å². The Hall–Kier alpha value is -5.69. The summed E-state index contributed by atoms with van der Waals surface area (Å²) in [5, 5.41) is 11.9. The van der Waals surface area contributed by atoms with Crippen molar-refractivity contribution < 1.29 is 33.6 Å². The zero-order valence-corrected chi connectivity index (χ0v) is 37.2. The van der Waals surface area contributed by atoms with Crippen molar-refractivity contribution in [1.82, 2.24) is 29.7 Å². The number of likely N-dealkylation sites (N-methyl/N-ethyl adjacent to an activating group) is 1. The van der Waals surface area contributed by atoms with Gasteiger partial charge in [-0.05, 0) is 80.9 Å². The SMILES string of the molecule is CC#Cc1sc2ncnc3c2c1-c1c(C)c(Cl)c(c(Cl)c1C)O[C@H](CN1CCN(C)CC1)COc1ccc(OCc2ccnc(-c4ccccc4OC)n2)c(c1)C[C@H](C(=O)O)O3. The van der Waals surface area contributed by atoms with Crippen molar-refractivity contribution in [2.75, 3.05) is 53.5 Å². The van der Waals surface area contributed by atoms with Crippen LogP contribution in [0.5, 0.6) is 28.9 Å². The van der Waals surface area contributed by atoms with Gasteiger partial charge < -0.3 is 33.7 Å². The molecule has 0 aliphatic carbocycles. The van der Waals surface area contributed by atoms with Gasteiger partial charge in [-0.15, -0.1) is 17.3 Å². The molecule has 9 rings (SSSR count). The molecule has 0 spiro atoms. The third kappa shape index (κ3) is 8.95. The lowest BCUT2D eigenvalue weighted by molar-refractivity contribution is -0.145. The molecular weight excluding hydrogens is 852 g/mol. The van der Waals surface area contributed by atoms with Crippen LogP contribution in [0.4, 0.5) is 0 Å². The van der Waals surface area contributed by atoms with Crippen LogP contribution in [0.1, 0.15) is 34.2 Å². The highest BCUT2D eigenvalue weighted by Crippen LogP contribution is 2.50. The van der Waals surface area contributed by atoms with Gasteiger partial charge in [-0.2, -0.15) is 0 Å². The van der Waals surface area contributed by atoms with Gasteiger partial charge in [-0.25, -0.2) is 24.7 Å². The summed E-state index contributed by atoms with van der Waals surface area (Å²) in [5.41, 5.74) is 4.60. The zero-order chi connectivity index (χ0) is 43.5. The van der Waals surface area contributed by atoms with E-state index in [4.69, 9.17) is 51.9 Å². The number of benzene rings is 3. The second kappa shape index (κ2) is 18.7. The number of carboxylic acids is 1. The number of carbonyl (C=O) groups is 1. The summed E-state index contributed by atoms with van der Waals surface area (Å²) in [7, 11) is 3.71. The van der Waals surface area contributed by atoms with E-state index in [2.05, 4.69) is 43.6 Å². The second-order valence-electron chi connectivity index (χ2n) is 15.1. The number of carboxylic acid groups (broad SMARTS) is 1. The Balaban J connectivity index is 1.23. The molecule has 16 heteroatoms. The Morgan fingerprint density at radius 1 is 0.984 bits per heavy atom. The number of aliphatic carboxylic acids is 1. The molecule has 3 aromatic heterocycles. The fourth-order valence-corrected chi connectivity index (χ4v) is 9.26. The number of nitrogens with zero attached hydrogens (tertiary/aromatic N) is 6. The lowest BCUT2D eigenvalue weighted by atomic mass is 9.93. The van der Waals surface area contributed by atoms with Gasteiger partial charge in [0.05, 0.1) is 38.7 Å². The van der Waals surface area contributed by atoms with Gasteiger partial charge in [-0.1, -0.05) is 41.3 Å². The molecule has 320 valence electrons. The number of thiophene rings is 1. The maximum absolute atomic E-state index is 13.2. The zero-order valence-electron chi connectivity index (χ0n) is 34.8. The van der Waals surface area contributed by atoms with Crippen LogP contribution in [-0.4, -0.2) is 107 Å². The Bertz CT molecular complexity index is 2680. The number of ether oxygens (including phenoxy) is 5. The Morgan fingerprint density at radius 3 is 2.50 bits per heavy atom. The summed E-state index contributed by atoms with van der Waals surface area (Å²) < 4.78 is 31.7. The predicted octanol–water partition coefficient (Wildman–Crippen LogP) is 8.16. The van der Waals surface area contributed by atoms with E-state index in [1.165, 1.54) is 17.7 Å². The molecule has 62 heavy (non-hydrogen) atoms. The van der Waals surface area contributed by atoms with Crippen LogP contribution in [0.3, 0.4) is 0 Å². The summed E-state index contributed by atoms with van der Waals surface area (Å²) >= 11 is 15.8. The number of rotatable bonds is 8. The molecule has 0 saturated carbocycles. The molecule has 4 bridgehead atoms. The highest BCUT2D eigenvalue weighted by molar-refractivity contribution is 7.19. The van der Waals surface area contributed by atoms with Crippen LogP contribution in [0.15, 0.2) is 61.1 Å². The lowest BCUT2D eigenvalue weighted by Crippen LogP contribution is -2.49. The average molecular weight is 896 g/mol. The molecule has 3 aliphatic rings. The Morgan fingerprint density at radius 2 is 1.76 bits per heavy atom. The first-order valence-corrected chi connectivity index (χ1v) is 21.6. The first kappa shape index (κ1) is 43.0. The van der Waals surface area contributed by atoms with Gasteiger partial charge >= 0.3 is 5.97 Å². The van der Waals surface area contributed by atoms with E-state index in [9.17, 15) is 9.90 Å². The van der Waals surface area contributed by atoms with Crippen molar-refractivity contribution in [2.24, 2.45) is 0 Å². The van der Waals surface area contributed by atoms with E-state index in [1.807, 2.05) is 38.1 Å². The summed E-state index contributed by atoms with van der Waals surface area (Å²) in [4.78, 5) is 37.3. The normalized spacial score (nSPS) is 17.0. The number of hydrogen-bond acceptors (Lipinski definition) is 13. The minimum absolute atomic E-state index is 0.0564. The van der Waals surface area contributed by atoms with E-state index < -0.39 is 18.2 Å². The molecule has 0 radical (unpaired) electrons. The molecule has 0 unspecified atom stereocenters. The van der Waals surface area contributed by atoms with E-state index in [-0.39, 0.29) is 25.5 Å². The van der Waals surface area contributed by atoms with Gasteiger partial charge in [0.2, 0.25) is 12.0 Å². The third-order valence-electron chi connectivity index (χ3n) is 10.9. The summed E-state index contributed by atoms with van der Waals surface area (Å²) in [6.07, 6.45) is 0.977. The van der Waals surface area contributed by atoms with E-state index >= 15 is 0 Å². The third-order valence-corrected chi connectivity index (χ3v) is 12.9. The molecule has 6 heterocycles. The molecule has 3 aliphatic heterocycles. The summed E-state index contributed by atoms with van der Waals surface area (Å²) in [5.74, 6) is 7.44. The predicted molar refractivity (Wildman–Crippen MR) is 239 cm³/mol. The van der Waals surface area contributed by atoms with Gasteiger partial charge in [0.15, 0.2) is 11.6 Å². The first-order chi connectivity index (χ1) is 30.0. The smallest absolute Gasteiger partial charge is 0.345 e. The monoisotopic (exact) mass is 894 g/mol. The molecule has 1 fully saturated rings. The number of hydrogen-bond donors (Lipinski definition) is 1. The van der Waals surface area contributed by atoms with Crippen LogP contribution in [-0.2, 0) is 17.8 Å². The van der Waals surface area contributed by atoms with Crippen molar-refractivity contribution >= 4 is 50.7 Å². The second-order valence-corrected chi connectivity index (χ2v) is 16.8. The fourth-order valence-electron chi connectivity index (χ4n) is 7.70. The van der Waals surface area contributed by atoms with Crippen LogP contribution in [0.25, 0.3) is 32.7 Å². The number of aromatic nitrogens is 4. The molecular formula is C46H44Cl2N6O7S. The maximum atomic E-state index is 13.2. The minimum atomic E-state index is -1.42. The Kier molecular flexibility index (Phi) is 13.0. The number of halogens is 2. The minimum Gasteiger partial charge on any atom is -0.496 e. The van der Waals surface area contributed by atoms with Crippen LogP contribution >= 0.6 is 34.5 Å². The van der Waals surface area contributed by atoms with Gasteiger partial charge in [0.25, 0.3) is 0 Å². The largest absolute Gasteiger partial charge is 0.496 e. The number of fused-ring (bicyclic) bond motifs is 7. The Labute approximate surface area is 373 Å². The highest BCUT2D eigenvalue weighted by Gasteiger charge is 2.31. The van der Waals surface area contributed by atoms with E-state index in [0.29, 0.717) is 94.0 Å². The van der Waals surface area contributed by atoms with Gasteiger partial charge in [0.1, 0.15) is 47.7 Å². The van der Waals surface area contributed by atoms with Crippen molar-refractivity contribution in [1.29, 1.82) is 0 Å². The quantitative estimate of drug-likeness (QED) is 0.147. The molecule has 1 N–H and O–H groups in total. The number of piperazine rings is 1. The molecule has 13 nitrogen and oxygen atoms in total. The van der Waals surface area contributed by atoms with Crippen LogP contribution in [0.2, 0.25) is 10.0 Å². The highest BCUT2D eigenvalue weighted by atomic mass is 35.5. The summed E-state index contributed by atoms with van der Waals surface area (Å²) in [6.45, 7) is 9.82. The standard InChI is InChI=1S/C46H44Cl2N6O7S/c1-6-9-36-38-37-26(2)40(47)42(41(48)27(37)3)60-31(22-54-18-16-53(4)17-19-54)24-58-30-12-13-33(59-23-29-14-15-49-43(52-29)32-10-7-8-11-34(32)57-5)28(20-30)21-35(46(55)56)61-44-39(38)45(62-36)51-25-50-44/h7-8,10-15,20,25,31,35H,16-19,21-24H2,1-5H3,(H,55,56)/t31-,35-/m1/s1. The molecule has 6 aromatic rings. The van der Waals surface area contributed by atoms with E-state index in [0.717, 1.165) is 31.7 Å². The van der Waals surface area contributed by atoms with Crippen molar-refractivity contribution in [3.8, 4) is 63.2 Å². The van der Waals surface area contributed by atoms with Crippen molar-refractivity contribution in [3.05, 3.63) is 98.4 Å². The number of methoxy groups -OCH3 is 1. The maximum Gasteiger partial charge on any atom is 0.345 e. The average Bonchev–Trinajstić information content (AvgIpc) is 3.64. The number of para-hydroxylation sites is 1. The fraction of sp³-hybridized carbons (Fsp3) is 0.326. The molecule has 1 saturated heterocycles. The summed E-state index contributed by atoms with van der Waals surface area (Å²) in [6, 6.07) is 14.6. The lowest BCUT2D eigenvalue weighted by Gasteiger charge is -2.35. The molecule has 3 aromatic carbocycles. The van der Waals surface area contributed by atoms with Crippen LogP contribution in [0, 0.1) is 25.7 Å². The molecule has 0 amide bonds. The van der Waals surface area contributed by atoms with E-state index in [1.54, 1.807) is 44.5 Å². The van der Waals surface area contributed by atoms with Crippen molar-refractivity contribution in [2.45, 2.75) is 46.0 Å². The van der Waals surface area contributed by atoms with Gasteiger partial charge in [-0.3, -0.25) is 4.90 Å². The van der Waals surface area contributed by atoms with Crippen LogP contribution < -0.4 is 23.7 Å².